The highest BCUT2D eigenvalue weighted by atomic mass is 16.5. The summed E-state index contributed by atoms with van der Waals surface area (Å²) < 4.78 is 10.5. The second kappa shape index (κ2) is 7.75. The van der Waals surface area contributed by atoms with Crippen LogP contribution in [0.2, 0.25) is 0 Å². The fourth-order valence-corrected chi connectivity index (χ4v) is 1.91. The zero-order valence-corrected chi connectivity index (χ0v) is 12.5. The normalized spacial score (nSPS) is 11.8. The van der Waals surface area contributed by atoms with Crippen LogP contribution < -0.4 is 14.8 Å². The van der Waals surface area contributed by atoms with Crippen molar-refractivity contribution in [2.24, 2.45) is 5.92 Å². The first-order valence-electron chi connectivity index (χ1n) is 6.65. The van der Waals surface area contributed by atoms with E-state index in [4.69, 9.17) is 14.6 Å². The fourth-order valence-electron chi connectivity index (χ4n) is 1.91. The van der Waals surface area contributed by atoms with Crippen LogP contribution in [0, 0.1) is 12.8 Å². The number of hydrogen-bond donors (Lipinski definition) is 2. The van der Waals surface area contributed by atoms with Crippen molar-refractivity contribution in [3.05, 3.63) is 23.3 Å². The average molecular weight is 281 g/mol. The molecule has 0 spiro atoms. The van der Waals surface area contributed by atoms with Crippen LogP contribution in [0.25, 0.3) is 0 Å². The number of rotatable bonds is 7. The van der Waals surface area contributed by atoms with Gasteiger partial charge in [-0.1, -0.05) is 6.92 Å². The highest BCUT2D eigenvalue weighted by molar-refractivity contribution is 5.95. The summed E-state index contributed by atoms with van der Waals surface area (Å²) >= 11 is 0. The summed E-state index contributed by atoms with van der Waals surface area (Å²) in [5, 5.41) is 11.7. The molecule has 0 aliphatic carbocycles. The SMILES string of the molecule is COc1cc(C(=O)NCC(C)CCO)cc(OC)c1C. The van der Waals surface area contributed by atoms with E-state index in [2.05, 4.69) is 5.32 Å². The molecule has 1 amide bonds. The quantitative estimate of drug-likeness (QED) is 0.799. The number of amides is 1. The van der Waals surface area contributed by atoms with E-state index in [1.807, 2.05) is 13.8 Å². The zero-order valence-electron chi connectivity index (χ0n) is 12.5. The van der Waals surface area contributed by atoms with E-state index in [0.717, 1.165) is 5.56 Å². The van der Waals surface area contributed by atoms with Gasteiger partial charge in [0, 0.05) is 24.3 Å². The number of aliphatic hydroxyl groups excluding tert-OH is 1. The van der Waals surface area contributed by atoms with E-state index in [0.29, 0.717) is 30.0 Å². The summed E-state index contributed by atoms with van der Waals surface area (Å²) in [5.74, 6) is 1.31. The predicted octanol–water partition coefficient (Wildman–Crippen LogP) is 1.76. The second-order valence-corrected chi connectivity index (χ2v) is 4.83. The number of aliphatic hydroxyl groups is 1. The van der Waals surface area contributed by atoms with Gasteiger partial charge >= 0.3 is 0 Å². The molecule has 20 heavy (non-hydrogen) atoms. The van der Waals surface area contributed by atoms with Crippen LogP contribution in [-0.4, -0.2) is 38.4 Å². The molecule has 0 radical (unpaired) electrons. The monoisotopic (exact) mass is 281 g/mol. The first-order valence-corrected chi connectivity index (χ1v) is 6.65. The minimum absolute atomic E-state index is 0.128. The number of ether oxygens (including phenoxy) is 2. The van der Waals surface area contributed by atoms with Crippen LogP contribution in [0.5, 0.6) is 11.5 Å². The van der Waals surface area contributed by atoms with Crippen molar-refractivity contribution in [2.45, 2.75) is 20.3 Å². The standard InChI is InChI=1S/C15H23NO4/c1-10(5-6-17)9-16-15(18)12-7-13(19-3)11(2)14(8-12)20-4/h7-8,10,17H,5-6,9H2,1-4H3,(H,16,18). The predicted molar refractivity (Wildman–Crippen MR) is 77.5 cm³/mol. The van der Waals surface area contributed by atoms with Crippen molar-refractivity contribution in [1.29, 1.82) is 0 Å². The molecule has 0 aliphatic heterocycles. The van der Waals surface area contributed by atoms with Crippen LogP contribution in [0.3, 0.4) is 0 Å². The third-order valence-electron chi connectivity index (χ3n) is 3.25. The Labute approximate surface area is 119 Å². The number of carbonyl (C=O) groups excluding carboxylic acids is 1. The Kier molecular flexibility index (Phi) is 6.31. The van der Waals surface area contributed by atoms with E-state index < -0.39 is 0 Å². The van der Waals surface area contributed by atoms with Gasteiger partial charge in [-0.3, -0.25) is 4.79 Å². The minimum Gasteiger partial charge on any atom is -0.496 e. The maximum Gasteiger partial charge on any atom is 0.251 e. The maximum atomic E-state index is 12.1. The third kappa shape index (κ3) is 4.13. The first-order chi connectivity index (χ1) is 9.53. The molecule has 5 heteroatoms. The minimum atomic E-state index is -0.175. The Bertz CT molecular complexity index is 434. The molecule has 0 bridgehead atoms. The lowest BCUT2D eigenvalue weighted by molar-refractivity contribution is 0.0944. The molecule has 1 atom stereocenters. The molecule has 2 N–H and O–H groups in total. The van der Waals surface area contributed by atoms with Gasteiger partial charge in [0.25, 0.3) is 5.91 Å². The van der Waals surface area contributed by atoms with Crippen molar-refractivity contribution in [3.63, 3.8) is 0 Å². The lowest BCUT2D eigenvalue weighted by Crippen LogP contribution is -2.28. The molecule has 5 nitrogen and oxygen atoms in total. The molecule has 0 aromatic heterocycles. The molecule has 112 valence electrons. The average Bonchev–Trinajstić information content (AvgIpc) is 2.45. The summed E-state index contributed by atoms with van der Waals surface area (Å²) in [5.41, 5.74) is 1.36. The summed E-state index contributed by atoms with van der Waals surface area (Å²) in [7, 11) is 3.12. The lowest BCUT2D eigenvalue weighted by Gasteiger charge is -2.14. The molecule has 1 unspecified atom stereocenters. The number of carbonyl (C=O) groups is 1. The number of nitrogens with one attached hydrogen (secondary N) is 1. The third-order valence-corrected chi connectivity index (χ3v) is 3.25. The van der Waals surface area contributed by atoms with Crippen LogP contribution in [0.1, 0.15) is 29.3 Å². The van der Waals surface area contributed by atoms with Crippen molar-refractivity contribution >= 4 is 5.91 Å². The first kappa shape index (κ1) is 16.3. The van der Waals surface area contributed by atoms with Crippen LogP contribution in [0.4, 0.5) is 0 Å². The van der Waals surface area contributed by atoms with Gasteiger partial charge in [0.2, 0.25) is 0 Å². The Morgan fingerprint density at radius 3 is 2.30 bits per heavy atom. The van der Waals surface area contributed by atoms with Crippen LogP contribution in [0.15, 0.2) is 12.1 Å². The van der Waals surface area contributed by atoms with Crippen LogP contribution in [-0.2, 0) is 0 Å². The van der Waals surface area contributed by atoms with Crippen molar-refractivity contribution in [3.8, 4) is 11.5 Å². The van der Waals surface area contributed by atoms with E-state index >= 15 is 0 Å². The summed E-state index contributed by atoms with van der Waals surface area (Å²) in [6.45, 7) is 4.51. The molecular formula is C15H23NO4. The Balaban J connectivity index is 2.82. The zero-order chi connectivity index (χ0) is 15.1. The molecule has 1 rings (SSSR count). The molecule has 0 fully saturated rings. The van der Waals surface area contributed by atoms with E-state index in [9.17, 15) is 4.79 Å². The molecule has 0 heterocycles. The molecule has 0 aliphatic rings. The van der Waals surface area contributed by atoms with E-state index in [1.165, 1.54) is 0 Å². The van der Waals surface area contributed by atoms with E-state index in [-0.39, 0.29) is 18.4 Å². The maximum absolute atomic E-state index is 12.1. The summed E-state index contributed by atoms with van der Waals surface area (Å²) in [6, 6.07) is 3.40. The van der Waals surface area contributed by atoms with Gasteiger partial charge in [-0.2, -0.15) is 0 Å². The topological polar surface area (TPSA) is 67.8 Å². The van der Waals surface area contributed by atoms with Crippen LogP contribution >= 0.6 is 0 Å². The van der Waals surface area contributed by atoms with Gasteiger partial charge in [0.05, 0.1) is 14.2 Å². The molecule has 1 aromatic rings. The van der Waals surface area contributed by atoms with Crippen molar-refractivity contribution in [2.75, 3.05) is 27.4 Å². The largest absolute Gasteiger partial charge is 0.496 e. The lowest BCUT2D eigenvalue weighted by atomic mass is 10.1. The number of methoxy groups -OCH3 is 2. The molecule has 0 saturated heterocycles. The molecule has 0 saturated carbocycles. The van der Waals surface area contributed by atoms with Gasteiger partial charge in [-0.15, -0.1) is 0 Å². The highest BCUT2D eigenvalue weighted by Gasteiger charge is 2.14. The van der Waals surface area contributed by atoms with Gasteiger partial charge < -0.3 is 19.9 Å². The fraction of sp³-hybridized carbons (Fsp3) is 0.533. The van der Waals surface area contributed by atoms with E-state index in [1.54, 1.807) is 26.4 Å². The van der Waals surface area contributed by atoms with Gasteiger partial charge in [-0.05, 0) is 31.4 Å². The van der Waals surface area contributed by atoms with Gasteiger partial charge in [-0.25, -0.2) is 0 Å². The highest BCUT2D eigenvalue weighted by Crippen LogP contribution is 2.29. The Hall–Kier alpha value is -1.75. The number of benzene rings is 1. The summed E-state index contributed by atoms with van der Waals surface area (Å²) in [6.07, 6.45) is 0.667. The van der Waals surface area contributed by atoms with Crippen molar-refractivity contribution < 1.29 is 19.4 Å². The van der Waals surface area contributed by atoms with Gasteiger partial charge in [0.1, 0.15) is 11.5 Å². The molecular weight excluding hydrogens is 258 g/mol. The Morgan fingerprint density at radius 2 is 1.85 bits per heavy atom. The number of hydrogen-bond acceptors (Lipinski definition) is 4. The van der Waals surface area contributed by atoms with Gasteiger partial charge in [0.15, 0.2) is 0 Å². The summed E-state index contributed by atoms with van der Waals surface area (Å²) in [4.78, 5) is 12.1. The second-order valence-electron chi connectivity index (χ2n) is 4.83. The molecule has 1 aromatic carbocycles. The Morgan fingerprint density at radius 1 is 1.30 bits per heavy atom. The smallest absolute Gasteiger partial charge is 0.251 e. The van der Waals surface area contributed by atoms with Crippen molar-refractivity contribution in [1.82, 2.24) is 5.32 Å².